The summed E-state index contributed by atoms with van der Waals surface area (Å²) in [5.74, 6) is 1.30. The van der Waals surface area contributed by atoms with Gasteiger partial charge in [0.15, 0.2) is 11.5 Å². The number of nitrogens with zero attached hydrogens (tertiary/aromatic N) is 2. The van der Waals surface area contributed by atoms with E-state index in [4.69, 9.17) is 9.47 Å². The number of carbonyl (C=O) groups excluding carboxylic acids is 1. The predicted molar refractivity (Wildman–Crippen MR) is 100 cm³/mol. The summed E-state index contributed by atoms with van der Waals surface area (Å²) >= 11 is 0. The molecule has 4 rings (SSSR count). The van der Waals surface area contributed by atoms with Gasteiger partial charge in [-0.3, -0.25) is 4.79 Å². The molecule has 1 aliphatic rings. The number of para-hydroxylation sites is 1. The molecule has 1 aliphatic heterocycles. The fourth-order valence-corrected chi connectivity index (χ4v) is 2.77. The Morgan fingerprint density at radius 3 is 2.79 bits per heavy atom. The van der Waals surface area contributed by atoms with Crippen molar-refractivity contribution in [3.8, 4) is 11.5 Å². The number of nitrogens with one attached hydrogen (secondary N) is 2. The number of halogens is 1. The summed E-state index contributed by atoms with van der Waals surface area (Å²) in [6.07, 6.45) is 0. The maximum absolute atomic E-state index is 13.8. The Hall–Kier alpha value is -3.68. The van der Waals surface area contributed by atoms with E-state index in [1.54, 1.807) is 31.2 Å². The SMILES string of the molecule is Cc1nc(Nc2ccccc2F)cc(C(=O)NCc2ccc3c(c2)OCO3)n1. The molecule has 0 saturated carbocycles. The van der Waals surface area contributed by atoms with E-state index in [0.717, 1.165) is 5.56 Å². The first-order valence-corrected chi connectivity index (χ1v) is 8.62. The van der Waals surface area contributed by atoms with Gasteiger partial charge >= 0.3 is 0 Å². The molecule has 3 aromatic rings. The summed E-state index contributed by atoms with van der Waals surface area (Å²) in [6.45, 7) is 2.17. The van der Waals surface area contributed by atoms with Gasteiger partial charge in [-0.1, -0.05) is 18.2 Å². The number of carbonyl (C=O) groups is 1. The molecule has 0 radical (unpaired) electrons. The summed E-state index contributed by atoms with van der Waals surface area (Å²) in [7, 11) is 0. The molecule has 142 valence electrons. The maximum Gasteiger partial charge on any atom is 0.270 e. The molecule has 1 aromatic heterocycles. The third-order valence-electron chi connectivity index (χ3n) is 4.10. The molecule has 0 bridgehead atoms. The first-order chi connectivity index (χ1) is 13.6. The number of aryl methyl sites for hydroxylation is 1. The normalized spacial score (nSPS) is 11.9. The van der Waals surface area contributed by atoms with Gasteiger partial charge in [-0.2, -0.15) is 0 Å². The minimum atomic E-state index is -0.410. The van der Waals surface area contributed by atoms with Crippen molar-refractivity contribution >= 4 is 17.4 Å². The van der Waals surface area contributed by atoms with Crippen LogP contribution < -0.4 is 20.1 Å². The molecule has 0 saturated heterocycles. The predicted octanol–water partition coefficient (Wildman–Crippen LogP) is 3.33. The van der Waals surface area contributed by atoms with Gasteiger partial charge in [0.05, 0.1) is 5.69 Å². The standard InChI is InChI=1S/C20H17FN4O3/c1-12-23-16(9-19(24-12)25-15-5-3-2-4-14(15)21)20(26)22-10-13-6-7-17-18(8-13)28-11-27-17/h2-9H,10-11H2,1H3,(H,22,26)(H,23,24,25). The van der Waals surface area contributed by atoms with E-state index in [2.05, 4.69) is 20.6 Å². The summed E-state index contributed by atoms with van der Waals surface area (Å²) < 4.78 is 24.4. The number of fused-ring (bicyclic) bond motifs is 1. The van der Waals surface area contributed by atoms with E-state index in [0.29, 0.717) is 29.7 Å². The van der Waals surface area contributed by atoms with Crippen LogP contribution in [-0.2, 0) is 6.54 Å². The lowest BCUT2D eigenvalue weighted by Gasteiger charge is -2.10. The van der Waals surface area contributed by atoms with Crippen LogP contribution in [0.4, 0.5) is 15.9 Å². The van der Waals surface area contributed by atoms with E-state index in [9.17, 15) is 9.18 Å². The van der Waals surface area contributed by atoms with Gasteiger partial charge in [-0.25, -0.2) is 14.4 Å². The fraction of sp³-hybridized carbons (Fsp3) is 0.150. The smallest absolute Gasteiger partial charge is 0.270 e. The lowest BCUT2D eigenvalue weighted by Crippen LogP contribution is -2.24. The Morgan fingerprint density at radius 1 is 1.11 bits per heavy atom. The quantitative estimate of drug-likeness (QED) is 0.706. The first kappa shape index (κ1) is 17.7. The highest BCUT2D eigenvalue weighted by Crippen LogP contribution is 2.32. The van der Waals surface area contributed by atoms with Crippen molar-refractivity contribution in [1.29, 1.82) is 0 Å². The second-order valence-corrected chi connectivity index (χ2v) is 6.16. The fourth-order valence-electron chi connectivity index (χ4n) is 2.77. The molecule has 0 aliphatic carbocycles. The highest BCUT2D eigenvalue weighted by atomic mass is 19.1. The van der Waals surface area contributed by atoms with E-state index in [1.165, 1.54) is 12.1 Å². The summed E-state index contributed by atoms with van der Waals surface area (Å²) in [4.78, 5) is 20.9. The molecule has 2 N–H and O–H groups in total. The van der Waals surface area contributed by atoms with Gasteiger partial charge in [0.1, 0.15) is 23.2 Å². The Kier molecular flexibility index (Phi) is 4.76. The van der Waals surface area contributed by atoms with Crippen molar-refractivity contribution in [2.24, 2.45) is 0 Å². The number of aromatic nitrogens is 2. The minimum Gasteiger partial charge on any atom is -0.454 e. The Balaban J connectivity index is 1.46. The zero-order chi connectivity index (χ0) is 19.5. The number of benzene rings is 2. The second kappa shape index (κ2) is 7.51. The minimum absolute atomic E-state index is 0.187. The van der Waals surface area contributed by atoms with Crippen LogP contribution in [0.5, 0.6) is 11.5 Å². The lowest BCUT2D eigenvalue weighted by molar-refractivity contribution is 0.0945. The van der Waals surface area contributed by atoms with Crippen molar-refractivity contribution in [2.45, 2.75) is 13.5 Å². The molecule has 2 aromatic carbocycles. The molecular formula is C20H17FN4O3. The van der Waals surface area contributed by atoms with Crippen LogP contribution in [0.2, 0.25) is 0 Å². The van der Waals surface area contributed by atoms with Crippen molar-refractivity contribution < 1.29 is 18.7 Å². The molecule has 1 amide bonds. The van der Waals surface area contributed by atoms with Crippen molar-refractivity contribution in [1.82, 2.24) is 15.3 Å². The van der Waals surface area contributed by atoms with E-state index in [-0.39, 0.29) is 24.1 Å². The highest BCUT2D eigenvalue weighted by Gasteiger charge is 2.15. The molecular weight excluding hydrogens is 363 g/mol. The first-order valence-electron chi connectivity index (χ1n) is 8.62. The van der Waals surface area contributed by atoms with Gasteiger partial charge in [0.25, 0.3) is 5.91 Å². The Bertz CT molecular complexity index is 1040. The average Bonchev–Trinajstić information content (AvgIpc) is 3.15. The van der Waals surface area contributed by atoms with Gasteiger partial charge in [0, 0.05) is 12.6 Å². The molecule has 28 heavy (non-hydrogen) atoms. The van der Waals surface area contributed by atoms with Crippen LogP contribution in [0.15, 0.2) is 48.5 Å². The van der Waals surface area contributed by atoms with Crippen LogP contribution in [0.25, 0.3) is 0 Å². The van der Waals surface area contributed by atoms with Gasteiger partial charge < -0.3 is 20.1 Å². The number of rotatable bonds is 5. The van der Waals surface area contributed by atoms with Gasteiger partial charge in [0.2, 0.25) is 6.79 Å². The molecule has 0 unspecified atom stereocenters. The van der Waals surface area contributed by atoms with Crippen LogP contribution in [0, 0.1) is 12.7 Å². The Morgan fingerprint density at radius 2 is 1.93 bits per heavy atom. The number of hydrogen-bond acceptors (Lipinski definition) is 6. The molecule has 2 heterocycles. The van der Waals surface area contributed by atoms with Crippen LogP contribution in [0.3, 0.4) is 0 Å². The molecule has 7 nitrogen and oxygen atoms in total. The zero-order valence-electron chi connectivity index (χ0n) is 15.0. The molecule has 0 atom stereocenters. The largest absolute Gasteiger partial charge is 0.454 e. The van der Waals surface area contributed by atoms with Crippen LogP contribution in [-0.4, -0.2) is 22.7 Å². The second-order valence-electron chi connectivity index (χ2n) is 6.16. The van der Waals surface area contributed by atoms with E-state index >= 15 is 0 Å². The number of hydrogen-bond donors (Lipinski definition) is 2. The van der Waals surface area contributed by atoms with E-state index in [1.807, 2.05) is 12.1 Å². The van der Waals surface area contributed by atoms with Crippen LogP contribution in [0.1, 0.15) is 21.9 Å². The number of amides is 1. The lowest BCUT2D eigenvalue weighted by atomic mass is 10.2. The number of ether oxygens (including phenoxy) is 2. The van der Waals surface area contributed by atoms with E-state index < -0.39 is 5.82 Å². The molecule has 0 fully saturated rings. The summed E-state index contributed by atoms with van der Waals surface area (Å²) in [6, 6.07) is 13.2. The zero-order valence-corrected chi connectivity index (χ0v) is 15.0. The average molecular weight is 380 g/mol. The van der Waals surface area contributed by atoms with Crippen molar-refractivity contribution in [3.63, 3.8) is 0 Å². The third kappa shape index (κ3) is 3.85. The maximum atomic E-state index is 13.8. The monoisotopic (exact) mass is 380 g/mol. The van der Waals surface area contributed by atoms with Crippen molar-refractivity contribution in [3.05, 3.63) is 71.4 Å². The van der Waals surface area contributed by atoms with Gasteiger partial charge in [-0.15, -0.1) is 0 Å². The molecule has 8 heteroatoms. The third-order valence-corrected chi connectivity index (χ3v) is 4.10. The van der Waals surface area contributed by atoms with Crippen LogP contribution >= 0.6 is 0 Å². The summed E-state index contributed by atoms with van der Waals surface area (Å²) in [5, 5.41) is 5.68. The van der Waals surface area contributed by atoms with Gasteiger partial charge in [-0.05, 0) is 36.8 Å². The van der Waals surface area contributed by atoms with Crippen molar-refractivity contribution in [2.75, 3.05) is 12.1 Å². The number of anilines is 2. The highest BCUT2D eigenvalue weighted by molar-refractivity contribution is 5.93. The summed E-state index contributed by atoms with van der Waals surface area (Å²) in [5.41, 5.74) is 1.33. The Labute approximate surface area is 160 Å². The topological polar surface area (TPSA) is 85.4 Å². The molecule has 0 spiro atoms.